The summed E-state index contributed by atoms with van der Waals surface area (Å²) in [5, 5.41) is 9.84. The lowest BCUT2D eigenvalue weighted by Crippen LogP contribution is -1.93. The van der Waals surface area contributed by atoms with E-state index in [4.69, 9.17) is 4.42 Å². The maximum absolute atomic E-state index is 6.35. The molecule has 47 heavy (non-hydrogen) atoms. The van der Waals surface area contributed by atoms with E-state index in [0.717, 1.165) is 11.2 Å². The number of benzene rings is 9. The predicted octanol–water partition coefficient (Wildman–Crippen LogP) is 13.2. The predicted molar refractivity (Wildman–Crippen MR) is 199 cm³/mol. The summed E-state index contributed by atoms with van der Waals surface area (Å²) in [7, 11) is 0. The van der Waals surface area contributed by atoms with Gasteiger partial charge in [-0.15, -0.1) is 0 Å². The van der Waals surface area contributed by atoms with Crippen molar-refractivity contribution in [1.29, 1.82) is 0 Å². The highest BCUT2D eigenvalue weighted by Gasteiger charge is 2.21. The van der Waals surface area contributed by atoms with Crippen LogP contribution in [0.2, 0.25) is 0 Å². The fourth-order valence-electron chi connectivity index (χ4n) is 7.82. The van der Waals surface area contributed by atoms with Crippen LogP contribution in [0, 0.1) is 0 Å². The zero-order valence-electron chi connectivity index (χ0n) is 25.6. The van der Waals surface area contributed by atoms with Crippen molar-refractivity contribution >= 4 is 54.3 Å². The van der Waals surface area contributed by atoms with Crippen LogP contribution >= 0.6 is 0 Å². The van der Waals surface area contributed by atoms with Gasteiger partial charge in [0.2, 0.25) is 0 Å². The molecule has 0 amide bonds. The van der Waals surface area contributed by atoms with Gasteiger partial charge in [0.25, 0.3) is 0 Å². The Bertz CT molecular complexity index is 2710. The molecule has 0 atom stereocenters. The molecule has 0 spiro atoms. The highest BCUT2D eigenvalue weighted by atomic mass is 16.3. The van der Waals surface area contributed by atoms with Crippen LogP contribution in [0.25, 0.3) is 98.8 Å². The van der Waals surface area contributed by atoms with Gasteiger partial charge >= 0.3 is 0 Å². The average Bonchev–Trinajstić information content (AvgIpc) is 3.53. The fourth-order valence-corrected chi connectivity index (χ4v) is 7.82. The maximum Gasteiger partial charge on any atom is 0.136 e. The van der Waals surface area contributed by atoms with Crippen LogP contribution in [0.4, 0.5) is 0 Å². The molecule has 0 saturated heterocycles. The first-order chi connectivity index (χ1) is 23.3. The molecule has 1 heterocycles. The SMILES string of the molecule is c1ccc(-c2ccc(-c3c4ccccc4c(-c4ccc5oc6cccc7ccc4c5c76)c4ccccc34)cc2-c2ccccc2)cc1. The van der Waals surface area contributed by atoms with Gasteiger partial charge in [-0.1, -0.05) is 146 Å². The Morgan fingerprint density at radius 2 is 0.872 bits per heavy atom. The van der Waals surface area contributed by atoms with E-state index in [1.54, 1.807) is 0 Å². The van der Waals surface area contributed by atoms with Crippen LogP contribution in [-0.4, -0.2) is 0 Å². The van der Waals surface area contributed by atoms with E-state index in [-0.39, 0.29) is 0 Å². The summed E-state index contributed by atoms with van der Waals surface area (Å²) >= 11 is 0. The van der Waals surface area contributed by atoms with Crippen LogP contribution in [0.1, 0.15) is 0 Å². The molecule has 0 saturated carbocycles. The molecule has 0 unspecified atom stereocenters. The second kappa shape index (κ2) is 10.2. The minimum absolute atomic E-state index is 0.938. The summed E-state index contributed by atoms with van der Waals surface area (Å²) in [4.78, 5) is 0. The molecule has 0 aliphatic carbocycles. The molecule has 10 aromatic rings. The summed E-state index contributed by atoms with van der Waals surface area (Å²) in [6, 6.07) is 61.6. The molecular formula is C46H28O. The third-order valence-electron chi connectivity index (χ3n) is 9.84. The topological polar surface area (TPSA) is 13.1 Å². The molecule has 0 radical (unpaired) electrons. The Kier molecular flexibility index (Phi) is 5.64. The third kappa shape index (κ3) is 3.90. The van der Waals surface area contributed by atoms with Gasteiger partial charge in [0.05, 0.1) is 0 Å². The molecule has 10 rings (SSSR count). The quantitative estimate of drug-likeness (QED) is 0.145. The van der Waals surface area contributed by atoms with Gasteiger partial charge in [-0.05, 0) is 101 Å². The average molecular weight is 597 g/mol. The molecule has 0 fully saturated rings. The summed E-state index contributed by atoms with van der Waals surface area (Å²) in [5.74, 6) is 0. The molecule has 9 aromatic carbocycles. The van der Waals surface area contributed by atoms with Crippen molar-refractivity contribution in [2.45, 2.75) is 0 Å². The number of hydrogen-bond acceptors (Lipinski definition) is 1. The fraction of sp³-hybridized carbons (Fsp3) is 0. The van der Waals surface area contributed by atoms with E-state index in [0.29, 0.717) is 0 Å². The van der Waals surface area contributed by atoms with Crippen LogP contribution < -0.4 is 0 Å². The smallest absolute Gasteiger partial charge is 0.136 e. The second-order valence-electron chi connectivity index (χ2n) is 12.4. The lowest BCUT2D eigenvalue weighted by Gasteiger charge is -2.20. The Labute approximate surface area is 272 Å². The minimum Gasteiger partial charge on any atom is -0.456 e. The van der Waals surface area contributed by atoms with Gasteiger partial charge < -0.3 is 4.42 Å². The van der Waals surface area contributed by atoms with Crippen LogP contribution in [0.3, 0.4) is 0 Å². The summed E-state index contributed by atoms with van der Waals surface area (Å²) in [5.41, 5.74) is 11.7. The van der Waals surface area contributed by atoms with Crippen LogP contribution in [0.15, 0.2) is 174 Å². The molecule has 1 nitrogen and oxygen atoms in total. The van der Waals surface area contributed by atoms with Crippen LogP contribution in [-0.2, 0) is 0 Å². The van der Waals surface area contributed by atoms with Crippen molar-refractivity contribution < 1.29 is 4.42 Å². The largest absolute Gasteiger partial charge is 0.456 e. The zero-order valence-corrected chi connectivity index (χ0v) is 25.6. The standard InChI is InChI=1S/C46H28O/c1-3-12-29(13-4-1)33-24-23-32(28-40(33)30-14-5-2-6-15-30)43-34-17-7-9-19-36(34)45(37-20-10-8-18-35(37)43)38-26-27-42-46-39(38)25-22-31-16-11-21-41(47-42)44(31)46/h1-28H. The molecule has 0 N–H and O–H groups in total. The first-order valence-electron chi connectivity index (χ1n) is 16.2. The van der Waals surface area contributed by atoms with E-state index in [1.165, 1.54) is 87.6 Å². The van der Waals surface area contributed by atoms with Crippen molar-refractivity contribution in [3.8, 4) is 44.5 Å². The van der Waals surface area contributed by atoms with Gasteiger partial charge in [-0.2, -0.15) is 0 Å². The van der Waals surface area contributed by atoms with Crippen molar-refractivity contribution in [1.82, 2.24) is 0 Å². The van der Waals surface area contributed by atoms with Gasteiger partial charge in [0.15, 0.2) is 0 Å². The van der Waals surface area contributed by atoms with E-state index < -0.39 is 0 Å². The summed E-state index contributed by atoms with van der Waals surface area (Å²) in [6.45, 7) is 0. The Morgan fingerprint density at radius 3 is 1.55 bits per heavy atom. The van der Waals surface area contributed by atoms with Gasteiger partial charge in [0.1, 0.15) is 11.2 Å². The summed E-state index contributed by atoms with van der Waals surface area (Å²) < 4.78 is 6.35. The van der Waals surface area contributed by atoms with Gasteiger partial charge in [0, 0.05) is 10.8 Å². The van der Waals surface area contributed by atoms with Crippen molar-refractivity contribution in [2.24, 2.45) is 0 Å². The molecule has 1 aromatic heterocycles. The zero-order chi connectivity index (χ0) is 30.9. The van der Waals surface area contributed by atoms with E-state index in [2.05, 4.69) is 170 Å². The number of hydrogen-bond donors (Lipinski definition) is 0. The Balaban J connectivity index is 1.29. The van der Waals surface area contributed by atoms with E-state index >= 15 is 0 Å². The van der Waals surface area contributed by atoms with E-state index in [1.807, 2.05) is 0 Å². The molecular weight excluding hydrogens is 569 g/mol. The van der Waals surface area contributed by atoms with Gasteiger partial charge in [-0.25, -0.2) is 0 Å². The maximum atomic E-state index is 6.35. The molecule has 1 heteroatoms. The second-order valence-corrected chi connectivity index (χ2v) is 12.4. The van der Waals surface area contributed by atoms with Crippen LogP contribution in [0.5, 0.6) is 0 Å². The van der Waals surface area contributed by atoms with E-state index in [9.17, 15) is 0 Å². The monoisotopic (exact) mass is 596 g/mol. The Morgan fingerprint density at radius 1 is 0.298 bits per heavy atom. The van der Waals surface area contributed by atoms with Crippen molar-refractivity contribution in [2.75, 3.05) is 0 Å². The third-order valence-corrected chi connectivity index (χ3v) is 9.84. The van der Waals surface area contributed by atoms with Crippen molar-refractivity contribution in [3.63, 3.8) is 0 Å². The first kappa shape index (κ1) is 26.1. The number of rotatable bonds is 4. The highest BCUT2D eigenvalue weighted by molar-refractivity contribution is 6.28. The lowest BCUT2D eigenvalue weighted by molar-refractivity contribution is 0.669. The molecule has 0 aliphatic heterocycles. The number of furan rings is 1. The molecule has 0 bridgehead atoms. The first-order valence-corrected chi connectivity index (χ1v) is 16.2. The Hall–Kier alpha value is -6.18. The minimum atomic E-state index is 0.938. The summed E-state index contributed by atoms with van der Waals surface area (Å²) in [6.07, 6.45) is 0. The van der Waals surface area contributed by atoms with Crippen molar-refractivity contribution in [3.05, 3.63) is 170 Å². The molecule has 0 aliphatic rings. The highest BCUT2D eigenvalue weighted by Crippen LogP contribution is 2.48. The van der Waals surface area contributed by atoms with Gasteiger partial charge in [-0.3, -0.25) is 0 Å². The lowest BCUT2D eigenvalue weighted by atomic mass is 9.83. The molecule has 218 valence electrons. The number of fused-ring (bicyclic) bond motifs is 2. The normalized spacial score (nSPS) is 11.8.